The van der Waals surface area contributed by atoms with E-state index < -0.39 is 6.04 Å². The van der Waals surface area contributed by atoms with Crippen LogP contribution in [-0.2, 0) is 9.59 Å². The summed E-state index contributed by atoms with van der Waals surface area (Å²) in [6, 6.07) is 8.49. The Morgan fingerprint density at radius 3 is 2.47 bits per heavy atom. The van der Waals surface area contributed by atoms with Gasteiger partial charge in [0.15, 0.2) is 0 Å². The van der Waals surface area contributed by atoms with Gasteiger partial charge in [-0.1, -0.05) is 31.5 Å². The van der Waals surface area contributed by atoms with Crippen LogP contribution in [0.5, 0.6) is 0 Å². The SMILES string of the molecule is Cc1cc(Cl)ccc1N(C(=O)CCl)[C@H](C(=O)NCCNC(C)C(C)C)c1cccs1. The fourth-order valence-corrected chi connectivity index (χ4v) is 4.18. The van der Waals surface area contributed by atoms with Crippen LogP contribution in [0.15, 0.2) is 35.7 Å². The third-order valence-corrected chi connectivity index (χ3v) is 6.40. The third-order valence-electron chi connectivity index (χ3n) is 5.01. The number of carbonyl (C=O) groups is 2. The summed E-state index contributed by atoms with van der Waals surface area (Å²) in [5.74, 6) is -0.319. The Morgan fingerprint density at radius 2 is 1.90 bits per heavy atom. The quantitative estimate of drug-likeness (QED) is 0.388. The molecular formula is C22H29Cl2N3O2S. The number of halogens is 2. The number of aryl methyl sites for hydroxylation is 1. The molecule has 2 rings (SSSR count). The van der Waals surface area contributed by atoms with Gasteiger partial charge in [-0.2, -0.15) is 0 Å². The highest BCUT2D eigenvalue weighted by Gasteiger charge is 2.33. The summed E-state index contributed by atoms with van der Waals surface area (Å²) >= 11 is 13.4. The molecule has 2 aromatic rings. The van der Waals surface area contributed by atoms with Crippen molar-refractivity contribution in [3.8, 4) is 0 Å². The Balaban J connectivity index is 2.29. The molecule has 5 nitrogen and oxygen atoms in total. The molecule has 0 saturated heterocycles. The molecule has 1 aromatic carbocycles. The van der Waals surface area contributed by atoms with Crippen LogP contribution < -0.4 is 15.5 Å². The molecule has 1 heterocycles. The molecule has 0 bridgehead atoms. The third kappa shape index (κ3) is 6.45. The van der Waals surface area contributed by atoms with Gasteiger partial charge in [-0.25, -0.2) is 0 Å². The number of carbonyl (C=O) groups excluding carboxylic acids is 2. The number of nitrogens with one attached hydrogen (secondary N) is 2. The molecule has 0 radical (unpaired) electrons. The highest BCUT2D eigenvalue weighted by atomic mass is 35.5. The number of hydrogen-bond acceptors (Lipinski definition) is 4. The van der Waals surface area contributed by atoms with Gasteiger partial charge in [0.25, 0.3) is 0 Å². The van der Waals surface area contributed by atoms with Crippen molar-refractivity contribution in [3.63, 3.8) is 0 Å². The largest absolute Gasteiger partial charge is 0.353 e. The van der Waals surface area contributed by atoms with E-state index in [4.69, 9.17) is 23.2 Å². The average Bonchev–Trinajstić information content (AvgIpc) is 3.23. The van der Waals surface area contributed by atoms with E-state index in [1.54, 1.807) is 18.2 Å². The second-order valence-corrected chi connectivity index (χ2v) is 9.21. The lowest BCUT2D eigenvalue weighted by Crippen LogP contribution is -2.46. The molecule has 2 N–H and O–H groups in total. The number of rotatable bonds is 10. The van der Waals surface area contributed by atoms with Crippen LogP contribution in [0.2, 0.25) is 5.02 Å². The maximum absolute atomic E-state index is 13.2. The number of thiophene rings is 1. The van der Waals surface area contributed by atoms with Gasteiger partial charge in [-0.3, -0.25) is 14.5 Å². The standard InChI is InChI=1S/C22H29Cl2N3O2S/c1-14(2)16(4)25-9-10-26-22(29)21(19-6-5-11-30-19)27(20(28)13-23)18-8-7-17(24)12-15(18)3/h5-8,11-12,14,16,21,25H,9-10,13H2,1-4H3,(H,26,29)/t16?,21-/m0/s1. The van der Waals surface area contributed by atoms with Crippen molar-refractivity contribution in [2.75, 3.05) is 23.9 Å². The molecule has 2 atom stereocenters. The summed E-state index contributed by atoms with van der Waals surface area (Å²) in [4.78, 5) is 28.3. The summed E-state index contributed by atoms with van der Waals surface area (Å²) in [5.41, 5.74) is 1.41. The van der Waals surface area contributed by atoms with Crippen LogP contribution in [-0.4, -0.2) is 36.8 Å². The van der Waals surface area contributed by atoms with Crippen LogP contribution >= 0.6 is 34.5 Å². The van der Waals surface area contributed by atoms with Crippen molar-refractivity contribution in [1.82, 2.24) is 10.6 Å². The van der Waals surface area contributed by atoms with Crippen molar-refractivity contribution in [2.24, 2.45) is 5.92 Å². The van der Waals surface area contributed by atoms with Crippen LogP contribution in [0, 0.1) is 12.8 Å². The monoisotopic (exact) mass is 469 g/mol. The second kappa shape index (κ2) is 11.7. The van der Waals surface area contributed by atoms with Crippen LogP contribution in [0.1, 0.15) is 37.3 Å². The predicted molar refractivity (Wildman–Crippen MR) is 127 cm³/mol. The van der Waals surface area contributed by atoms with E-state index in [2.05, 4.69) is 31.4 Å². The van der Waals surface area contributed by atoms with E-state index in [1.165, 1.54) is 16.2 Å². The summed E-state index contributed by atoms with van der Waals surface area (Å²) in [5, 5.41) is 8.82. The summed E-state index contributed by atoms with van der Waals surface area (Å²) in [6.45, 7) is 9.37. The number of anilines is 1. The Bertz CT molecular complexity index is 843. The second-order valence-electron chi connectivity index (χ2n) is 7.52. The molecule has 0 fully saturated rings. The molecular weight excluding hydrogens is 441 g/mol. The number of hydrogen-bond donors (Lipinski definition) is 2. The molecule has 8 heteroatoms. The molecule has 164 valence electrons. The predicted octanol–water partition coefficient (Wildman–Crippen LogP) is 4.77. The molecule has 0 aliphatic carbocycles. The molecule has 1 aromatic heterocycles. The summed E-state index contributed by atoms with van der Waals surface area (Å²) in [6.07, 6.45) is 0. The van der Waals surface area contributed by atoms with Crippen molar-refractivity contribution >= 4 is 52.0 Å². The van der Waals surface area contributed by atoms with E-state index in [-0.39, 0.29) is 17.7 Å². The maximum atomic E-state index is 13.2. The zero-order valence-corrected chi connectivity index (χ0v) is 20.1. The fraction of sp³-hybridized carbons (Fsp3) is 0.455. The van der Waals surface area contributed by atoms with Crippen LogP contribution in [0.25, 0.3) is 0 Å². The molecule has 1 unspecified atom stereocenters. The van der Waals surface area contributed by atoms with Crippen LogP contribution in [0.4, 0.5) is 5.69 Å². The minimum Gasteiger partial charge on any atom is -0.353 e. The molecule has 30 heavy (non-hydrogen) atoms. The van der Waals surface area contributed by atoms with Gasteiger partial charge in [0, 0.05) is 34.7 Å². The number of alkyl halides is 1. The molecule has 0 saturated carbocycles. The first-order valence-electron chi connectivity index (χ1n) is 9.95. The smallest absolute Gasteiger partial charge is 0.248 e. The Hall–Kier alpha value is -1.60. The molecule has 2 amide bonds. The highest BCUT2D eigenvalue weighted by Crippen LogP contribution is 2.33. The average molecular weight is 470 g/mol. The molecule has 0 aliphatic rings. The first kappa shape index (κ1) is 24.7. The summed E-state index contributed by atoms with van der Waals surface area (Å²) in [7, 11) is 0. The normalized spacial score (nSPS) is 13.2. The van der Waals surface area contributed by atoms with Crippen LogP contribution in [0.3, 0.4) is 0 Å². The van der Waals surface area contributed by atoms with Gasteiger partial charge in [0.1, 0.15) is 11.9 Å². The maximum Gasteiger partial charge on any atom is 0.248 e. The van der Waals surface area contributed by atoms with Gasteiger partial charge >= 0.3 is 0 Å². The van der Waals surface area contributed by atoms with Gasteiger partial charge < -0.3 is 10.6 Å². The summed E-state index contributed by atoms with van der Waals surface area (Å²) < 4.78 is 0. The minimum absolute atomic E-state index is 0.231. The van der Waals surface area contributed by atoms with Gasteiger partial charge in [-0.05, 0) is 55.0 Å². The van der Waals surface area contributed by atoms with E-state index in [9.17, 15) is 9.59 Å². The van der Waals surface area contributed by atoms with E-state index in [0.717, 1.165) is 10.4 Å². The Kier molecular flexibility index (Phi) is 9.62. The molecule has 0 aliphatic heterocycles. The van der Waals surface area contributed by atoms with Crippen molar-refractivity contribution in [3.05, 3.63) is 51.2 Å². The fourth-order valence-electron chi connectivity index (χ4n) is 3.01. The van der Waals surface area contributed by atoms with Crippen molar-refractivity contribution < 1.29 is 9.59 Å². The van der Waals surface area contributed by atoms with Crippen molar-refractivity contribution in [1.29, 1.82) is 0 Å². The lowest BCUT2D eigenvalue weighted by molar-refractivity contribution is -0.125. The lowest BCUT2D eigenvalue weighted by Gasteiger charge is -2.31. The number of nitrogens with zero attached hydrogens (tertiary/aromatic N) is 1. The lowest BCUT2D eigenvalue weighted by atomic mass is 10.1. The molecule has 0 spiro atoms. The van der Waals surface area contributed by atoms with Gasteiger partial charge in [0.2, 0.25) is 11.8 Å². The Morgan fingerprint density at radius 1 is 1.17 bits per heavy atom. The van der Waals surface area contributed by atoms with E-state index >= 15 is 0 Å². The Labute approximate surface area is 192 Å². The number of benzene rings is 1. The number of amides is 2. The van der Waals surface area contributed by atoms with Crippen molar-refractivity contribution in [2.45, 2.75) is 39.8 Å². The first-order valence-corrected chi connectivity index (χ1v) is 11.7. The van der Waals surface area contributed by atoms with Gasteiger partial charge in [-0.15, -0.1) is 22.9 Å². The first-order chi connectivity index (χ1) is 14.3. The van der Waals surface area contributed by atoms with E-state index in [0.29, 0.717) is 35.8 Å². The van der Waals surface area contributed by atoms with Gasteiger partial charge in [0.05, 0.1) is 0 Å². The zero-order valence-electron chi connectivity index (χ0n) is 17.7. The zero-order chi connectivity index (χ0) is 22.3. The van der Waals surface area contributed by atoms with E-state index in [1.807, 2.05) is 24.4 Å². The topological polar surface area (TPSA) is 61.4 Å². The minimum atomic E-state index is -0.807. The highest BCUT2D eigenvalue weighted by molar-refractivity contribution is 7.10.